The van der Waals surface area contributed by atoms with Gasteiger partial charge in [-0.15, -0.1) is 0 Å². The third-order valence-corrected chi connectivity index (χ3v) is 2.36. The standard InChI is InChI=1S/C8H14N4/c1-12-8(10-5-11-12)7(9)4-6-2-3-6/h5-7H,2-4,9H2,1H3. The van der Waals surface area contributed by atoms with Crippen LogP contribution in [0.1, 0.15) is 31.1 Å². The minimum absolute atomic E-state index is 0.0741. The second kappa shape index (κ2) is 2.86. The molecule has 12 heavy (non-hydrogen) atoms. The fourth-order valence-corrected chi connectivity index (χ4v) is 1.46. The number of hydrogen-bond donors (Lipinski definition) is 1. The number of aromatic nitrogens is 3. The molecule has 1 aliphatic carbocycles. The Morgan fingerprint density at radius 3 is 3.00 bits per heavy atom. The Bertz CT molecular complexity index is 264. The van der Waals surface area contributed by atoms with Gasteiger partial charge in [0.2, 0.25) is 0 Å². The predicted octanol–water partition coefficient (Wildman–Crippen LogP) is 0.615. The average Bonchev–Trinajstić information content (AvgIpc) is 2.72. The zero-order chi connectivity index (χ0) is 8.55. The third kappa shape index (κ3) is 1.48. The van der Waals surface area contributed by atoms with Gasteiger partial charge >= 0.3 is 0 Å². The van der Waals surface area contributed by atoms with Gasteiger partial charge in [0.05, 0.1) is 6.04 Å². The summed E-state index contributed by atoms with van der Waals surface area (Å²) in [6.45, 7) is 0. The lowest BCUT2D eigenvalue weighted by atomic mass is 10.1. The summed E-state index contributed by atoms with van der Waals surface area (Å²) in [4.78, 5) is 4.12. The Labute approximate surface area is 71.8 Å². The molecule has 1 heterocycles. The zero-order valence-electron chi connectivity index (χ0n) is 7.27. The van der Waals surface area contributed by atoms with E-state index < -0.39 is 0 Å². The van der Waals surface area contributed by atoms with Crippen molar-refractivity contribution in [2.24, 2.45) is 18.7 Å². The Kier molecular flexibility index (Phi) is 1.84. The molecule has 1 aliphatic rings. The SMILES string of the molecule is Cn1ncnc1C(N)CC1CC1. The Morgan fingerprint density at radius 2 is 2.50 bits per heavy atom. The summed E-state index contributed by atoms with van der Waals surface area (Å²) < 4.78 is 1.76. The van der Waals surface area contributed by atoms with E-state index in [9.17, 15) is 0 Å². The molecule has 1 atom stereocenters. The van der Waals surface area contributed by atoms with Crippen LogP contribution in [0.5, 0.6) is 0 Å². The fraction of sp³-hybridized carbons (Fsp3) is 0.750. The van der Waals surface area contributed by atoms with Crippen LogP contribution in [-0.2, 0) is 7.05 Å². The minimum Gasteiger partial charge on any atom is -0.321 e. The first kappa shape index (κ1) is 7.73. The van der Waals surface area contributed by atoms with Crippen LogP contribution in [0.25, 0.3) is 0 Å². The first-order valence-electron chi connectivity index (χ1n) is 4.37. The molecule has 2 rings (SSSR count). The van der Waals surface area contributed by atoms with Gasteiger partial charge < -0.3 is 5.73 Å². The Morgan fingerprint density at radius 1 is 1.75 bits per heavy atom. The van der Waals surface area contributed by atoms with Crippen LogP contribution in [0.15, 0.2) is 6.33 Å². The molecule has 4 heteroatoms. The summed E-state index contributed by atoms with van der Waals surface area (Å²) in [6, 6.07) is 0.0741. The van der Waals surface area contributed by atoms with Crippen molar-refractivity contribution in [3.05, 3.63) is 12.2 Å². The number of nitrogens with zero attached hydrogens (tertiary/aromatic N) is 3. The van der Waals surface area contributed by atoms with Crippen LogP contribution >= 0.6 is 0 Å². The summed E-state index contributed by atoms with van der Waals surface area (Å²) in [5.41, 5.74) is 5.96. The third-order valence-electron chi connectivity index (χ3n) is 2.36. The molecule has 0 radical (unpaired) electrons. The van der Waals surface area contributed by atoms with Gasteiger partial charge in [0.15, 0.2) is 0 Å². The first-order chi connectivity index (χ1) is 5.77. The van der Waals surface area contributed by atoms with Gasteiger partial charge in [0.1, 0.15) is 12.2 Å². The molecule has 1 unspecified atom stereocenters. The second-order valence-corrected chi connectivity index (χ2v) is 3.53. The predicted molar refractivity (Wildman–Crippen MR) is 45.3 cm³/mol. The van der Waals surface area contributed by atoms with Crippen LogP contribution in [0, 0.1) is 5.92 Å². The lowest BCUT2D eigenvalue weighted by Gasteiger charge is -2.08. The first-order valence-corrected chi connectivity index (χ1v) is 4.37. The molecule has 0 saturated heterocycles. The molecule has 66 valence electrons. The lowest BCUT2D eigenvalue weighted by Crippen LogP contribution is -2.16. The molecule has 1 fully saturated rings. The molecular formula is C8H14N4. The largest absolute Gasteiger partial charge is 0.321 e. The molecular weight excluding hydrogens is 152 g/mol. The van der Waals surface area contributed by atoms with E-state index in [1.54, 1.807) is 11.0 Å². The van der Waals surface area contributed by atoms with Crippen molar-refractivity contribution < 1.29 is 0 Å². The molecule has 0 spiro atoms. The van der Waals surface area contributed by atoms with Crippen molar-refractivity contribution >= 4 is 0 Å². The number of aryl methyl sites for hydroxylation is 1. The topological polar surface area (TPSA) is 56.7 Å². The maximum atomic E-state index is 5.96. The van der Waals surface area contributed by atoms with Crippen LogP contribution in [0.3, 0.4) is 0 Å². The monoisotopic (exact) mass is 166 g/mol. The summed E-state index contributed by atoms with van der Waals surface area (Å²) >= 11 is 0. The second-order valence-electron chi connectivity index (χ2n) is 3.53. The van der Waals surface area contributed by atoms with Gasteiger partial charge in [-0.3, -0.25) is 4.68 Å². The van der Waals surface area contributed by atoms with E-state index in [4.69, 9.17) is 5.73 Å². The van der Waals surface area contributed by atoms with E-state index in [-0.39, 0.29) is 6.04 Å². The smallest absolute Gasteiger partial charge is 0.143 e. The van der Waals surface area contributed by atoms with Crippen molar-refractivity contribution in [3.8, 4) is 0 Å². The molecule has 1 aromatic heterocycles. The highest BCUT2D eigenvalue weighted by Crippen LogP contribution is 2.36. The lowest BCUT2D eigenvalue weighted by molar-refractivity contribution is 0.536. The summed E-state index contributed by atoms with van der Waals surface area (Å²) in [7, 11) is 1.88. The van der Waals surface area contributed by atoms with E-state index >= 15 is 0 Å². The maximum absolute atomic E-state index is 5.96. The van der Waals surface area contributed by atoms with Gasteiger partial charge in [-0.1, -0.05) is 12.8 Å². The van der Waals surface area contributed by atoms with Gasteiger partial charge in [-0.25, -0.2) is 4.98 Å². The van der Waals surface area contributed by atoms with Crippen LogP contribution < -0.4 is 5.73 Å². The van der Waals surface area contributed by atoms with Crippen molar-refractivity contribution in [2.45, 2.75) is 25.3 Å². The van der Waals surface area contributed by atoms with Crippen LogP contribution in [0.2, 0.25) is 0 Å². The van der Waals surface area contributed by atoms with Gasteiger partial charge in [-0.2, -0.15) is 5.10 Å². The van der Waals surface area contributed by atoms with Crippen molar-refractivity contribution in [1.29, 1.82) is 0 Å². The molecule has 0 aliphatic heterocycles. The molecule has 1 saturated carbocycles. The van der Waals surface area contributed by atoms with Crippen molar-refractivity contribution in [1.82, 2.24) is 14.8 Å². The van der Waals surface area contributed by atoms with Crippen molar-refractivity contribution in [2.75, 3.05) is 0 Å². The Hall–Kier alpha value is -0.900. The van der Waals surface area contributed by atoms with Crippen LogP contribution in [-0.4, -0.2) is 14.8 Å². The fourth-order valence-electron chi connectivity index (χ4n) is 1.46. The van der Waals surface area contributed by atoms with E-state index in [0.717, 1.165) is 18.2 Å². The molecule has 2 N–H and O–H groups in total. The van der Waals surface area contributed by atoms with E-state index in [1.807, 2.05) is 7.05 Å². The average molecular weight is 166 g/mol. The highest BCUT2D eigenvalue weighted by molar-refractivity contribution is 4.94. The number of nitrogens with two attached hydrogens (primary N) is 1. The van der Waals surface area contributed by atoms with Gasteiger partial charge in [0.25, 0.3) is 0 Å². The quantitative estimate of drug-likeness (QED) is 0.716. The van der Waals surface area contributed by atoms with E-state index in [1.165, 1.54) is 12.8 Å². The highest BCUT2D eigenvalue weighted by Gasteiger charge is 2.25. The van der Waals surface area contributed by atoms with Gasteiger partial charge in [0, 0.05) is 7.05 Å². The van der Waals surface area contributed by atoms with Crippen molar-refractivity contribution in [3.63, 3.8) is 0 Å². The summed E-state index contributed by atoms with van der Waals surface area (Å²) in [6.07, 6.45) is 5.30. The van der Waals surface area contributed by atoms with E-state index in [2.05, 4.69) is 10.1 Å². The zero-order valence-corrected chi connectivity index (χ0v) is 7.27. The normalized spacial score (nSPS) is 19.5. The molecule has 0 aromatic carbocycles. The maximum Gasteiger partial charge on any atom is 0.143 e. The molecule has 0 bridgehead atoms. The molecule has 4 nitrogen and oxygen atoms in total. The molecule has 1 aromatic rings. The Balaban J connectivity index is 2.02. The summed E-state index contributed by atoms with van der Waals surface area (Å²) in [5.74, 6) is 1.75. The van der Waals surface area contributed by atoms with Gasteiger partial charge in [-0.05, 0) is 12.3 Å². The highest BCUT2D eigenvalue weighted by atomic mass is 15.3. The number of rotatable bonds is 3. The minimum atomic E-state index is 0.0741. The molecule has 0 amide bonds. The van der Waals surface area contributed by atoms with E-state index in [0.29, 0.717) is 0 Å². The summed E-state index contributed by atoms with van der Waals surface area (Å²) in [5, 5.41) is 3.99. The number of hydrogen-bond acceptors (Lipinski definition) is 3. The van der Waals surface area contributed by atoms with Crippen LogP contribution in [0.4, 0.5) is 0 Å².